The van der Waals surface area contributed by atoms with Gasteiger partial charge >= 0.3 is 5.97 Å². The molecule has 0 spiro atoms. The molecule has 0 saturated heterocycles. The molecular weight excluding hydrogens is 332 g/mol. The van der Waals surface area contributed by atoms with Gasteiger partial charge in [-0.3, -0.25) is 0 Å². The maximum Gasteiger partial charge on any atom is 0.343 e. The highest BCUT2D eigenvalue weighted by atomic mass is 16.5. The van der Waals surface area contributed by atoms with Gasteiger partial charge in [0.2, 0.25) is 0 Å². The third-order valence-corrected chi connectivity index (χ3v) is 5.33. The zero-order valence-corrected chi connectivity index (χ0v) is 15.0. The van der Waals surface area contributed by atoms with Crippen molar-refractivity contribution >= 4 is 33.6 Å². The third-order valence-electron chi connectivity index (χ3n) is 5.33. The average Bonchev–Trinajstić information content (AvgIpc) is 3.17. The van der Waals surface area contributed by atoms with Gasteiger partial charge in [-0.25, -0.2) is 4.79 Å². The van der Waals surface area contributed by atoms with E-state index in [9.17, 15) is 4.79 Å². The number of ether oxygens (including phenoxy) is 1. The first-order valence-electron chi connectivity index (χ1n) is 9.13. The van der Waals surface area contributed by atoms with Crippen LogP contribution >= 0.6 is 0 Å². The number of allylic oxidation sites excluding steroid dienone is 1. The summed E-state index contributed by atoms with van der Waals surface area (Å²) in [5, 5.41) is 4.79. The van der Waals surface area contributed by atoms with Gasteiger partial charge in [-0.2, -0.15) is 0 Å². The Morgan fingerprint density at radius 3 is 2.59 bits per heavy atom. The Hall–Kier alpha value is -3.39. The first-order valence-corrected chi connectivity index (χ1v) is 9.13. The van der Waals surface area contributed by atoms with Crippen LogP contribution in [-0.2, 0) is 6.42 Å². The SMILES string of the molecule is Cc1ccccc1C(=O)Oc1ccc2c(ccc3c4c(ccc32)C=CC4)c1. The van der Waals surface area contributed by atoms with Crippen LogP contribution in [0.2, 0.25) is 0 Å². The normalized spacial score (nSPS) is 12.5. The van der Waals surface area contributed by atoms with Crippen LogP contribution in [0.3, 0.4) is 0 Å². The monoisotopic (exact) mass is 350 g/mol. The van der Waals surface area contributed by atoms with E-state index in [0.717, 1.165) is 17.4 Å². The topological polar surface area (TPSA) is 26.3 Å². The molecule has 1 aliphatic carbocycles. The van der Waals surface area contributed by atoms with Crippen LogP contribution in [-0.4, -0.2) is 5.97 Å². The molecule has 4 aromatic carbocycles. The molecule has 0 amide bonds. The van der Waals surface area contributed by atoms with Crippen molar-refractivity contribution in [3.8, 4) is 5.75 Å². The summed E-state index contributed by atoms with van der Waals surface area (Å²) in [6.45, 7) is 1.91. The highest BCUT2D eigenvalue weighted by molar-refractivity contribution is 6.10. The molecule has 0 fully saturated rings. The molecule has 0 aromatic heterocycles. The summed E-state index contributed by atoms with van der Waals surface area (Å²) in [6, 6.07) is 22.0. The molecule has 0 unspecified atom stereocenters. The van der Waals surface area contributed by atoms with Crippen LogP contribution in [0.25, 0.3) is 27.6 Å². The molecule has 0 radical (unpaired) electrons. The average molecular weight is 350 g/mol. The molecule has 0 heterocycles. The van der Waals surface area contributed by atoms with Crippen LogP contribution in [0, 0.1) is 6.92 Å². The lowest BCUT2D eigenvalue weighted by molar-refractivity contribution is 0.0734. The maximum atomic E-state index is 12.5. The Labute approximate surface area is 157 Å². The second-order valence-corrected chi connectivity index (χ2v) is 6.99. The molecule has 0 bridgehead atoms. The van der Waals surface area contributed by atoms with E-state index < -0.39 is 0 Å². The molecule has 4 aromatic rings. The molecule has 1 aliphatic rings. The van der Waals surface area contributed by atoms with Crippen molar-refractivity contribution < 1.29 is 9.53 Å². The summed E-state index contributed by atoms with van der Waals surface area (Å²) in [5.41, 5.74) is 4.21. The van der Waals surface area contributed by atoms with E-state index in [4.69, 9.17) is 4.74 Å². The second kappa shape index (κ2) is 6.10. The summed E-state index contributed by atoms with van der Waals surface area (Å²) in [4.78, 5) is 12.5. The standard InChI is InChI=1S/C25H18O2/c1-16-5-2-3-7-20(16)25(26)27-19-11-14-22-18(15-19)10-13-23-21-8-4-6-17(21)9-12-24(22)23/h2-7,9-15H,8H2,1H3. The zero-order valence-electron chi connectivity index (χ0n) is 15.0. The quantitative estimate of drug-likeness (QED) is 0.248. The molecule has 27 heavy (non-hydrogen) atoms. The third kappa shape index (κ3) is 2.61. The molecule has 130 valence electrons. The van der Waals surface area contributed by atoms with E-state index >= 15 is 0 Å². The number of esters is 1. The fraction of sp³-hybridized carbons (Fsp3) is 0.0800. The lowest BCUT2D eigenvalue weighted by Crippen LogP contribution is -2.09. The van der Waals surface area contributed by atoms with Crippen LogP contribution in [0.4, 0.5) is 0 Å². The van der Waals surface area contributed by atoms with E-state index in [-0.39, 0.29) is 5.97 Å². The van der Waals surface area contributed by atoms with Gasteiger partial charge in [0.15, 0.2) is 0 Å². The molecule has 0 aliphatic heterocycles. The summed E-state index contributed by atoms with van der Waals surface area (Å²) < 4.78 is 5.63. The Bertz CT molecular complexity index is 1250. The molecule has 2 nitrogen and oxygen atoms in total. The number of fused-ring (bicyclic) bond motifs is 5. The van der Waals surface area contributed by atoms with Crippen LogP contribution < -0.4 is 4.74 Å². The van der Waals surface area contributed by atoms with Gasteiger partial charge in [-0.05, 0) is 69.8 Å². The van der Waals surface area contributed by atoms with Crippen molar-refractivity contribution in [2.24, 2.45) is 0 Å². The minimum absolute atomic E-state index is 0.322. The summed E-state index contributed by atoms with van der Waals surface area (Å²) in [7, 11) is 0. The number of aryl methyl sites for hydroxylation is 1. The molecule has 0 atom stereocenters. The lowest BCUT2D eigenvalue weighted by Gasteiger charge is -2.11. The Morgan fingerprint density at radius 1 is 0.889 bits per heavy atom. The van der Waals surface area contributed by atoms with Crippen molar-refractivity contribution in [1.29, 1.82) is 0 Å². The Morgan fingerprint density at radius 2 is 1.70 bits per heavy atom. The fourth-order valence-electron chi connectivity index (χ4n) is 3.92. The minimum Gasteiger partial charge on any atom is -0.423 e. The van der Waals surface area contributed by atoms with Crippen molar-refractivity contribution in [1.82, 2.24) is 0 Å². The lowest BCUT2D eigenvalue weighted by atomic mass is 9.96. The summed E-state index contributed by atoms with van der Waals surface area (Å²) in [5.74, 6) is 0.245. The van der Waals surface area contributed by atoms with E-state index in [1.165, 1.54) is 27.3 Å². The molecule has 0 N–H and O–H groups in total. The van der Waals surface area contributed by atoms with Crippen molar-refractivity contribution in [3.63, 3.8) is 0 Å². The summed E-state index contributed by atoms with van der Waals surface area (Å²) in [6.07, 6.45) is 5.39. The van der Waals surface area contributed by atoms with E-state index in [2.05, 4.69) is 36.4 Å². The van der Waals surface area contributed by atoms with Gasteiger partial charge < -0.3 is 4.74 Å². The van der Waals surface area contributed by atoms with Crippen molar-refractivity contribution in [2.45, 2.75) is 13.3 Å². The smallest absolute Gasteiger partial charge is 0.343 e. The summed E-state index contributed by atoms with van der Waals surface area (Å²) >= 11 is 0. The van der Waals surface area contributed by atoms with E-state index in [1.807, 2.05) is 43.3 Å². The predicted molar refractivity (Wildman–Crippen MR) is 110 cm³/mol. The fourth-order valence-corrected chi connectivity index (χ4v) is 3.92. The number of benzene rings is 4. The van der Waals surface area contributed by atoms with E-state index in [0.29, 0.717) is 11.3 Å². The van der Waals surface area contributed by atoms with Gasteiger partial charge in [0, 0.05) is 0 Å². The highest BCUT2D eigenvalue weighted by Gasteiger charge is 2.13. The highest BCUT2D eigenvalue weighted by Crippen LogP contribution is 2.34. The zero-order chi connectivity index (χ0) is 18.4. The largest absolute Gasteiger partial charge is 0.423 e. The molecule has 2 heteroatoms. The van der Waals surface area contributed by atoms with Gasteiger partial charge in [-0.15, -0.1) is 0 Å². The van der Waals surface area contributed by atoms with Crippen LogP contribution in [0.5, 0.6) is 5.75 Å². The van der Waals surface area contributed by atoms with Crippen molar-refractivity contribution in [2.75, 3.05) is 0 Å². The minimum atomic E-state index is -0.322. The number of hydrogen-bond donors (Lipinski definition) is 0. The molecular formula is C25H18O2. The van der Waals surface area contributed by atoms with Gasteiger partial charge in [0.1, 0.15) is 5.75 Å². The molecule has 0 saturated carbocycles. The predicted octanol–water partition coefficient (Wildman–Crippen LogP) is 6.09. The number of carbonyl (C=O) groups is 1. The molecule has 5 rings (SSSR count). The maximum absolute atomic E-state index is 12.5. The number of hydrogen-bond acceptors (Lipinski definition) is 2. The Kier molecular flexibility index (Phi) is 3.58. The van der Waals surface area contributed by atoms with Crippen LogP contribution in [0.15, 0.2) is 72.8 Å². The van der Waals surface area contributed by atoms with Gasteiger partial charge in [0.05, 0.1) is 5.56 Å². The van der Waals surface area contributed by atoms with Crippen molar-refractivity contribution in [3.05, 3.63) is 95.1 Å². The van der Waals surface area contributed by atoms with Gasteiger partial charge in [-0.1, -0.05) is 60.7 Å². The van der Waals surface area contributed by atoms with Gasteiger partial charge in [0.25, 0.3) is 0 Å². The Balaban J connectivity index is 1.55. The second-order valence-electron chi connectivity index (χ2n) is 6.99. The van der Waals surface area contributed by atoms with Crippen LogP contribution in [0.1, 0.15) is 27.0 Å². The number of rotatable bonds is 2. The van der Waals surface area contributed by atoms with E-state index in [1.54, 1.807) is 6.07 Å². The number of carbonyl (C=O) groups excluding carboxylic acids is 1. The first kappa shape index (κ1) is 15.8. The first-order chi connectivity index (χ1) is 13.2.